The van der Waals surface area contributed by atoms with Gasteiger partial charge in [0.25, 0.3) is 0 Å². The van der Waals surface area contributed by atoms with E-state index in [-0.39, 0.29) is 11.9 Å². The first-order valence-electron chi connectivity index (χ1n) is 11.0. The molecular weight excluding hydrogens is 394 g/mol. The van der Waals surface area contributed by atoms with Gasteiger partial charge in [0.05, 0.1) is 11.9 Å². The van der Waals surface area contributed by atoms with E-state index in [9.17, 15) is 4.79 Å². The Kier molecular flexibility index (Phi) is 4.36. The molecule has 1 atom stereocenters. The molecule has 0 spiro atoms. The molecule has 4 N–H and O–H groups in total. The zero-order chi connectivity index (χ0) is 20.8. The molecule has 1 amide bonds. The van der Waals surface area contributed by atoms with Gasteiger partial charge in [-0.1, -0.05) is 0 Å². The molecule has 0 radical (unpaired) electrons. The summed E-state index contributed by atoms with van der Waals surface area (Å²) in [6.07, 6.45) is 8.74. The van der Waals surface area contributed by atoms with Crippen molar-refractivity contribution in [1.29, 1.82) is 0 Å². The second-order valence-corrected chi connectivity index (χ2v) is 8.57. The van der Waals surface area contributed by atoms with Gasteiger partial charge in [0.1, 0.15) is 17.7 Å². The van der Waals surface area contributed by atoms with E-state index in [1.165, 1.54) is 18.5 Å². The van der Waals surface area contributed by atoms with Crippen molar-refractivity contribution in [2.75, 3.05) is 22.1 Å². The average Bonchev–Trinajstić information content (AvgIpc) is 3.27. The number of nitrogens with zero attached hydrogens (tertiary/aromatic N) is 5. The molecule has 3 aromatic heterocycles. The number of aromatic amines is 2. The lowest BCUT2D eigenvalue weighted by atomic mass is 10.2. The van der Waals surface area contributed by atoms with E-state index in [2.05, 4.69) is 37.1 Å². The number of carbonyl (C=O) groups is 1. The fourth-order valence-electron chi connectivity index (χ4n) is 4.60. The number of carbonyl (C=O) groups excluding carboxylic acids is 1. The first-order valence-corrected chi connectivity index (χ1v) is 11.0. The van der Waals surface area contributed by atoms with E-state index < -0.39 is 0 Å². The molecule has 1 unspecified atom stereocenters. The molecule has 10 nitrogen and oxygen atoms in total. The molecule has 2 aliphatic carbocycles. The zero-order valence-electron chi connectivity index (χ0n) is 17.2. The number of aromatic nitrogens is 6. The molecule has 3 aliphatic rings. The smallest absolute Gasteiger partial charge is 0.248 e. The number of fused-ring (bicyclic) bond motifs is 1. The Balaban J connectivity index is 1.27. The van der Waals surface area contributed by atoms with Gasteiger partial charge in [-0.25, -0.2) is 4.98 Å². The van der Waals surface area contributed by atoms with Crippen LogP contribution in [0.3, 0.4) is 0 Å². The number of amides is 1. The largest absolute Gasteiger partial charge is 0.329 e. The third kappa shape index (κ3) is 3.51. The highest BCUT2D eigenvalue weighted by molar-refractivity contribution is 5.96. The highest BCUT2D eigenvalue weighted by Gasteiger charge is 2.34. The molecule has 1 saturated carbocycles. The Hall–Kier alpha value is -3.43. The first kappa shape index (κ1) is 18.3. The van der Waals surface area contributed by atoms with Crippen molar-refractivity contribution >= 4 is 29.3 Å². The van der Waals surface area contributed by atoms with Crippen molar-refractivity contribution in [1.82, 2.24) is 30.4 Å². The van der Waals surface area contributed by atoms with Crippen molar-refractivity contribution in [3.05, 3.63) is 35.3 Å². The van der Waals surface area contributed by atoms with Crippen molar-refractivity contribution in [3.63, 3.8) is 0 Å². The standard InChI is InChI=1S/C21H25N9O/c31-20(25-17-8-9-22-28-17)16-5-2-10-30(16)21-23-14-4-1-3-13(14)19(26-21)24-18-11-15(27-29-18)12-6-7-12/h8-9,11-12,16H,1-7,10H2,(H2,22,25,28,31)(H2,23,24,26,27,29). The summed E-state index contributed by atoms with van der Waals surface area (Å²) < 4.78 is 0. The minimum atomic E-state index is -0.303. The molecule has 10 heteroatoms. The van der Waals surface area contributed by atoms with Gasteiger partial charge in [0.2, 0.25) is 11.9 Å². The molecule has 1 aliphatic heterocycles. The summed E-state index contributed by atoms with van der Waals surface area (Å²) >= 11 is 0. The quantitative estimate of drug-likeness (QED) is 0.484. The molecule has 31 heavy (non-hydrogen) atoms. The number of anilines is 4. The maximum absolute atomic E-state index is 12.9. The van der Waals surface area contributed by atoms with Crippen molar-refractivity contribution in [2.24, 2.45) is 0 Å². The van der Waals surface area contributed by atoms with Crippen LogP contribution in [-0.4, -0.2) is 48.9 Å². The second-order valence-electron chi connectivity index (χ2n) is 8.57. The number of aryl methyl sites for hydroxylation is 1. The number of hydrogen-bond donors (Lipinski definition) is 4. The third-order valence-electron chi connectivity index (χ3n) is 6.35. The lowest BCUT2D eigenvalue weighted by Crippen LogP contribution is -2.40. The van der Waals surface area contributed by atoms with Gasteiger partial charge in [-0.15, -0.1) is 0 Å². The topological polar surface area (TPSA) is 128 Å². The predicted molar refractivity (Wildman–Crippen MR) is 115 cm³/mol. The van der Waals surface area contributed by atoms with E-state index >= 15 is 0 Å². The van der Waals surface area contributed by atoms with Crippen molar-refractivity contribution in [2.45, 2.75) is 56.9 Å². The van der Waals surface area contributed by atoms with E-state index in [0.29, 0.717) is 17.7 Å². The Labute approximate surface area is 179 Å². The van der Waals surface area contributed by atoms with Crippen LogP contribution in [0.5, 0.6) is 0 Å². The van der Waals surface area contributed by atoms with Gasteiger partial charge in [0, 0.05) is 35.9 Å². The summed E-state index contributed by atoms with van der Waals surface area (Å²) in [7, 11) is 0. The van der Waals surface area contributed by atoms with Crippen LogP contribution in [-0.2, 0) is 17.6 Å². The zero-order valence-corrected chi connectivity index (χ0v) is 17.2. The Bertz CT molecular complexity index is 1100. The summed E-state index contributed by atoms with van der Waals surface area (Å²) in [4.78, 5) is 24.6. The number of hydrogen-bond acceptors (Lipinski definition) is 7. The van der Waals surface area contributed by atoms with Crippen LogP contribution in [0.4, 0.5) is 23.4 Å². The van der Waals surface area contributed by atoms with E-state index in [1.807, 2.05) is 4.90 Å². The van der Waals surface area contributed by atoms with Gasteiger partial charge >= 0.3 is 0 Å². The highest BCUT2D eigenvalue weighted by atomic mass is 16.2. The Morgan fingerprint density at radius 3 is 2.90 bits per heavy atom. The lowest BCUT2D eigenvalue weighted by molar-refractivity contribution is -0.117. The minimum Gasteiger partial charge on any atom is -0.329 e. The lowest BCUT2D eigenvalue weighted by Gasteiger charge is -2.25. The maximum Gasteiger partial charge on any atom is 0.248 e. The van der Waals surface area contributed by atoms with Crippen LogP contribution in [0, 0.1) is 0 Å². The van der Waals surface area contributed by atoms with Crippen LogP contribution < -0.4 is 15.5 Å². The number of H-pyrrole nitrogens is 2. The summed E-state index contributed by atoms with van der Waals surface area (Å²) in [6.45, 7) is 0.757. The van der Waals surface area contributed by atoms with Crippen LogP contribution in [0.25, 0.3) is 0 Å². The number of rotatable bonds is 6. The minimum absolute atomic E-state index is 0.0678. The van der Waals surface area contributed by atoms with Gasteiger partial charge in [-0.2, -0.15) is 15.2 Å². The number of nitrogens with one attached hydrogen (secondary N) is 4. The molecule has 0 aromatic carbocycles. The molecular formula is C21H25N9O. The molecule has 4 heterocycles. The SMILES string of the molecule is O=C(Nc1ccn[nH]1)C1CCCN1c1nc2c(c(Nc3cc(C4CC4)[nH]n3)n1)CCC2. The molecule has 0 bridgehead atoms. The highest BCUT2D eigenvalue weighted by Crippen LogP contribution is 2.40. The van der Waals surface area contributed by atoms with Gasteiger partial charge in [-0.3, -0.25) is 15.0 Å². The van der Waals surface area contributed by atoms with E-state index in [1.54, 1.807) is 12.3 Å². The molecule has 3 aromatic rings. The average molecular weight is 419 g/mol. The van der Waals surface area contributed by atoms with E-state index in [4.69, 9.17) is 9.97 Å². The fourth-order valence-corrected chi connectivity index (χ4v) is 4.60. The van der Waals surface area contributed by atoms with Crippen LogP contribution in [0.15, 0.2) is 18.3 Å². The fraction of sp³-hybridized carbons (Fsp3) is 0.476. The van der Waals surface area contributed by atoms with Gasteiger partial charge in [0.15, 0.2) is 5.82 Å². The molecule has 2 fully saturated rings. The van der Waals surface area contributed by atoms with Gasteiger partial charge < -0.3 is 15.5 Å². The summed E-state index contributed by atoms with van der Waals surface area (Å²) in [5.74, 6) is 3.36. The maximum atomic E-state index is 12.9. The second kappa shape index (κ2) is 7.36. The third-order valence-corrected chi connectivity index (χ3v) is 6.35. The summed E-state index contributed by atoms with van der Waals surface area (Å²) in [6, 6.07) is 3.52. The molecule has 160 valence electrons. The molecule has 1 saturated heterocycles. The normalized spacial score (nSPS) is 20.1. The first-order chi connectivity index (χ1) is 15.2. The molecule has 6 rings (SSSR count). The van der Waals surface area contributed by atoms with Crippen LogP contribution in [0.2, 0.25) is 0 Å². The summed E-state index contributed by atoms with van der Waals surface area (Å²) in [5, 5.41) is 20.6. The van der Waals surface area contributed by atoms with E-state index in [0.717, 1.165) is 61.5 Å². The Morgan fingerprint density at radius 1 is 1.13 bits per heavy atom. The Morgan fingerprint density at radius 2 is 2.06 bits per heavy atom. The monoisotopic (exact) mass is 419 g/mol. The van der Waals surface area contributed by atoms with Crippen molar-refractivity contribution < 1.29 is 4.79 Å². The van der Waals surface area contributed by atoms with Crippen LogP contribution >= 0.6 is 0 Å². The van der Waals surface area contributed by atoms with Gasteiger partial charge in [-0.05, 0) is 44.9 Å². The van der Waals surface area contributed by atoms with Crippen LogP contribution in [0.1, 0.15) is 55.0 Å². The predicted octanol–water partition coefficient (Wildman–Crippen LogP) is 2.64. The summed E-state index contributed by atoms with van der Waals surface area (Å²) in [5.41, 5.74) is 3.42. The van der Waals surface area contributed by atoms with Crippen molar-refractivity contribution in [3.8, 4) is 0 Å².